The Labute approximate surface area is 101 Å². The van der Waals surface area contributed by atoms with E-state index < -0.39 is 5.60 Å². The first-order chi connectivity index (χ1) is 7.28. The lowest BCUT2D eigenvalue weighted by Crippen LogP contribution is -2.25. The van der Waals surface area contributed by atoms with Gasteiger partial charge in [-0.15, -0.1) is 0 Å². The minimum Gasteiger partial charge on any atom is -0.460 e. The van der Waals surface area contributed by atoms with Crippen molar-refractivity contribution in [3.05, 3.63) is 28.5 Å². The molecule has 1 aromatic heterocycles. The third kappa shape index (κ3) is 4.19. The molecule has 0 bridgehead atoms. The Bertz CT molecular complexity index is 396. The molecule has 0 aromatic carbocycles. The van der Waals surface area contributed by atoms with Crippen LogP contribution >= 0.6 is 11.6 Å². The molecular weight excluding hydrogens is 226 g/mol. The molecule has 0 N–H and O–H groups in total. The zero-order chi connectivity index (χ0) is 12.3. The molecule has 0 radical (unpaired) electrons. The number of hydrogen-bond acceptors (Lipinski definition) is 3. The van der Waals surface area contributed by atoms with Crippen LogP contribution < -0.4 is 0 Å². The highest BCUT2D eigenvalue weighted by Crippen LogP contribution is 2.14. The van der Waals surface area contributed by atoms with Gasteiger partial charge in [-0.2, -0.15) is 0 Å². The van der Waals surface area contributed by atoms with Crippen molar-refractivity contribution in [1.82, 2.24) is 4.98 Å². The Morgan fingerprint density at radius 2 is 2.06 bits per heavy atom. The van der Waals surface area contributed by atoms with Crippen LogP contribution in [0.25, 0.3) is 0 Å². The van der Waals surface area contributed by atoms with Crippen molar-refractivity contribution in [1.29, 1.82) is 0 Å². The lowest BCUT2D eigenvalue weighted by molar-refractivity contribution is -0.154. The van der Waals surface area contributed by atoms with E-state index in [4.69, 9.17) is 16.3 Å². The van der Waals surface area contributed by atoms with Gasteiger partial charge in [0.15, 0.2) is 0 Å². The summed E-state index contributed by atoms with van der Waals surface area (Å²) >= 11 is 5.77. The molecule has 0 unspecified atom stereocenters. The molecule has 16 heavy (non-hydrogen) atoms. The van der Waals surface area contributed by atoms with Crippen LogP contribution in [0.15, 0.2) is 12.1 Å². The fourth-order valence-electron chi connectivity index (χ4n) is 1.24. The first-order valence-corrected chi connectivity index (χ1v) is 5.49. The maximum absolute atomic E-state index is 11.6. The largest absolute Gasteiger partial charge is 0.460 e. The highest BCUT2D eigenvalue weighted by molar-refractivity contribution is 6.29. The Kier molecular flexibility index (Phi) is 3.92. The predicted molar refractivity (Wildman–Crippen MR) is 63.5 cm³/mol. The molecule has 3 nitrogen and oxygen atoms in total. The summed E-state index contributed by atoms with van der Waals surface area (Å²) in [4.78, 5) is 15.7. The molecule has 88 valence electrons. The van der Waals surface area contributed by atoms with Crippen LogP contribution in [0, 0.1) is 6.92 Å². The monoisotopic (exact) mass is 241 g/mol. The second kappa shape index (κ2) is 4.83. The number of hydrogen-bond donors (Lipinski definition) is 0. The van der Waals surface area contributed by atoms with Gasteiger partial charge < -0.3 is 4.74 Å². The second-order valence-electron chi connectivity index (χ2n) is 4.66. The molecule has 0 saturated carbocycles. The van der Waals surface area contributed by atoms with Gasteiger partial charge in [-0.05, 0) is 39.3 Å². The van der Waals surface area contributed by atoms with Crippen molar-refractivity contribution in [3.8, 4) is 0 Å². The molecule has 0 aliphatic rings. The average molecular weight is 242 g/mol. The Morgan fingerprint density at radius 1 is 1.44 bits per heavy atom. The van der Waals surface area contributed by atoms with E-state index in [1.54, 1.807) is 6.07 Å². The summed E-state index contributed by atoms with van der Waals surface area (Å²) in [7, 11) is 0. The fraction of sp³-hybridized carbons (Fsp3) is 0.500. The molecule has 0 atom stereocenters. The van der Waals surface area contributed by atoms with E-state index in [0.717, 1.165) is 5.56 Å². The van der Waals surface area contributed by atoms with Gasteiger partial charge in [-0.25, -0.2) is 4.98 Å². The van der Waals surface area contributed by atoms with E-state index in [1.807, 2.05) is 33.8 Å². The Morgan fingerprint density at radius 3 is 2.62 bits per heavy atom. The number of esters is 1. The van der Waals surface area contributed by atoms with Crippen LogP contribution in [0.3, 0.4) is 0 Å². The van der Waals surface area contributed by atoms with Gasteiger partial charge in [0.25, 0.3) is 0 Å². The number of carbonyl (C=O) groups excluding carboxylic acids is 1. The quantitative estimate of drug-likeness (QED) is 0.590. The normalized spacial score (nSPS) is 11.3. The number of rotatable bonds is 2. The van der Waals surface area contributed by atoms with E-state index >= 15 is 0 Å². The number of pyridine rings is 1. The van der Waals surface area contributed by atoms with Crippen molar-refractivity contribution in [2.24, 2.45) is 0 Å². The highest BCUT2D eigenvalue weighted by Gasteiger charge is 2.17. The van der Waals surface area contributed by atoms with Gasteiger partial charge >= 0.3 is 5.97 Å². The average Bonchev–Trinajstić information content (AvgIpc) is 2.08. The molecule has 0 saturated heterocycles. The third-order valence-electron chi connectivity index (χ3n) is 1.90. The first kappa shape index (κ1) is 13.0. The molecule has 0 aliphatic heterocycles. The minimum absolute atomic E-state index is 0.156. The molecule has 0 amide bonds. The smallest absolute Gasteiger partial charge is 0.312 e. The zero-order valence-electron chi connectivity index (χ0n) is 10.0. The van der Waals surface area contributed by atoms with E-state index in [9.17, 15) is 4.79 Å². The summed E-state index contributed by atoms with van der Waals surface area (Å²) < 4.78 is 5.21. The van der Waals surface area contributed by atoms with E-state index in [-0.39, 0.29) is 12.4 Å². The molecular formula is C12H16ClNO2. The number of aryl methyl sites for hydroxylation is 1. The molecule has 1 aromatic rings. The summed E-state index contributed by atoms with van der Waals surface area (Å²) in [6.07, 6.45) is 0.156. The Hall–Kier alpha value is -1.09. The number of ether oxygens (including phenoxy) is 1. The molecule has 1 rings (SSSR count). The molecule has 0 fully saturated rings. The zero-order valence-corrected chi connectivity index (χ0v) is 10.8. The van der Waals surface area contributed by atoms with Crippen LogP contribution in [-0.4, -0.2) is 16.6 Å². The fourth-order valence-corrected chi connectivity index (χ4v) is 1.40. The van der Waals surface area contributed by atoms with Gasteiger partial charge in [-0.1, -0.05) is 17.7 Å². The van der Waals surface area contributed by atoms with Crippen molar-refractivity contribution < 1.29 is 9.53 Å². The van der Waals surface area contributed by atoms with Gasteiger partial charge in [0, 0.05) is 0 Å². The highest BCUT2D eigenvalue weighted by atomic mass is 35.5. The van der Waals surface area contributed by atoms with Crippen LogP contribution in [0.1, 0.15) is 32.0 Å². The van der Waals surface area contributed by atoms with Crippen molar-refractivity contribution in [3.63, 3.8) is 0 Å². The summed E-state index contributed by atoms with van der Waals surface area (Å²) in [5, 5.41) is 0.393. The lowest BCUT2D eigenvalue weighted by atomic mass is 10.1. The lowest BCUT2D eigenvalue weighted by Gasteiger charge is -2.19. The molecule has 4 heteroatoms. The first-order valence-electron chi connectivity index (χ1n) is 5.12. The number of carbonyl (C=O) groups is 1. The van der Waals surface area contributed by atoms with Crippen LogP contribution in [-0.2, 0) is 16.0 Å². The summed E-state index contributed by atoms with van der Waals surface area (Å²) in [6, 6.07) is 3.55. The van der Waals surface area contributed by atoms with Gasteiger partial charge in [0.2, 0.25) is 0 Å². The van der Waals surface area contributed by atoms with Gasteiger partial charge in [0.05, 0.1) is 12.1 Å². The van der Waals surface area contributed by atoms with Crippen molar-refractivity contribution in [2.45, 2.75) is 39.7 Å². The molecule has 0 spiro atoms. The third-order valence-corrected chi connectivity index (χ3v) is 2.11. The maximum atomic E-state index is 11.6. The van der Waals surface area contributed by atoms with Crippen molar-refractivity contribution >= 4 is 17.6 Å². The second-order valence-corrected chi connectivity index (χ2v) is 5.05. The van der Waals surface area contributed by atoms with Crippen LogP contribution in [0.2, 0.25) is 5.15 Å². The predicted octanol–water partition coefficient (Wildman–Crippen LogP) is 2.93. The van der Waals surface area contributed by atoms with Crippen LogP contribution in [0.5, 0.6) is 0 Å². The summed E-state index contributed by atoms with van der Waals surface area (Å²) in [5.74, 6) is -0.287. The van der Waals surface area contributed by atoms with E-state index in [1.165, 1.54) is 0 Å². The minimum atomic E-state index is -0.469. The number of nitrogens with zero attached hydrogens (tertiary/aromatic N) is 1. The maximum Gasteiger partial charge on any atom is 0.312 e. The van der Waals surface area contributed by atoms with Crippen molar-refractivity contribution in [2.75, 3.05) is 0 Å². The van der Waals surface area contributed by atoms with Crippen LogP contribution in [0.4, 0.5) is 0 Å². The topological polar surface area (TPSA) is 39.2 Å². The standard InChI is InChI=1S/C12H16ClNO2/c1-8-5-6-10(13)14-9(8)7-11(15)16-12(2,3)4/h5-6H,7H2,1-4H3. The summed E-state index contributed by atoms with van der Waals surface area (Å²) in [5.41, 5.74) is 1.14. The SMILES string of the molecule is Cc1ccc(Cl)nc1CC(=O)OC(C)(C)C. The number of halogens is 1. The molecule has 0 aliphatic carbocycles. The van der Waals surface area contributed by atoms with E-state index in [2.05, 4.69) is 4.98 Å². The summed E-state index contributed by atoms with van der Waals surface area (Å²) in [6.45, 7) is 7.40. The van der Waals surface area contributed by atoms with Gasteiger partial charge in [-0.3, -0.25) is 4.79 Å². The van der Waals surface area contributed by atoms with Gasteiger partial charge in [0.1, 0.15) is 10.8 Å². The number of aromatic nitrogens is 1. The Balaban J connectivity index is 2.73. The molecule has 1 heterocycles. The van der Waals surface area contributed by atoms with E-state index in [0.29, 0.717) is 10.8 Å².